The van der Waals surface area contributed by atoms with Crippen LogP contribution in [0.25, 0.3) is 0 Å². The highest BCUT2D eigenvalue weighted by Crippen LogP contribution is 2.24. The molecule has 1 saturated heterocycles. The van der Waals surface area contributed by atoms with Crippen molar-refractivity contribution in [3.63, 3.8) is 0 Å². The number of benzene rings is 3. The van der Waals surface area contributed by atoms with Crippen molar-refractivity contribution >= 4 is 17.5 Å². The highest BCUT2D eigenvalue weighted by Gasteiger charge is 2.23. The Kier molecular flexibility index (Phi) is 7.93. The Bertz CT molecular complexity index is 1110. The lowest BCUT2D eigenvalue weighted by molar-refractivity contribution is 0.0628. The number of amides is 1. The number of carbonyl (C=O) groups excluding carboxylic acids is 1. The molecule has 7 heteroatoms. The van der Waals surface area contributed by atoms with E-state index < -0.39 is 0 Å². The van der Waals surface area contributed by atoms with Crippen LogP contribution in [0, 0.1) is 0 Å². The normalized spacial score (nSPS) is 14.0. The summed E-state index contributed by atoms with van der Waals surface area (Å²) in [7, 11) is 3.29. The van der Waals surface area contributed by atoms with Gasteiger partial charge < -0.3 is 19.1 Å². The number of hydrogen-bond donors (Lipinski definition) is 0. The topological polar surface area (TPSA) is 51.2 Å². The van der Waals surface area contributed by atoms with Crippen LogP contribution in [0.1, 0.15) is 21.5 Å². The van der Waals surface area contributed by atoms with Gasteiger partial charge in [-0.3, -0.25) is 9.69 Å². The van der Waals surface area contributed by atoms with E-state index in [1.807, 2.05) is 47.4 Å². The molecule has 0 spiro atoms. The van der Waals surface area contributed by atoms with E-state index in [2.05, 4.69) is 17.0 Å². The molecule has 1 fully saturated rings. The molecule has 0 N–H and O–H groups in total. The van der Waals surface area contributed by atoms with Crippen molar-refractivity contribution < 1.29 is 19.0 Å². The average molecular weight is 481 g/mol. The average Bonchev–Trinajstić information content (AvgIpc) is 2.88. The van der Waals surface area contributed by atoms with E-state index in [-0.39, 0.29) is 5.91 Å². The summed E-state index contributed by atoms with van der Waals surface area (Å²) in [6, 6.07) is 20.8. The molecule has 178 valence electrons. The lowest BCUT2D eigenvalue weighted by Gasteiger charge is -2.35. The summed E-state index contributed by atoms with van der Waals surface area (Å²) in [6.45, 7) is 4.16. The monoisotopic (exact) mass is 480 g/mol. The van der Waals surface area contributed by atoms with Crippen molar-refractivity contribution in [2.75, 3.05) is 40.4 Å². The fraction of sp³-hybridized carbons (Fsp3) is 0.296. The third-order valence-corrected chi connectivity index (χ3v) is 6.19. The maximum absolute atomic E-state index is 13.2. The first kappa shape index (κ1) is 23.9. The summed E-state index contributed by atoms with van der Waals surface area (Å²) < 4.78 is 16.7. The molecule has 0 atom stereocenters. The molecule has 6 nitrogen and oxygen atoms in total. The highest BCUT2D eigenvalue weighted by molar-refractivity contribution is 6.30. The molecule has 1 amide bonds. The summed E-state index contributed by atoms with van der Waals surface area (Å²) in [6.07, 6.45) is 0. The first-order valence-corrected chi connectivity index (χ1v) is 11.6. The van der Waals surface area contributed by atoms with Crippen molar-refractivity contribution in [1.82, 2.24) is 9.80 Å². The van der Waals surface area contributed by atoms with E-state index >= 15 is 0 Å². The number of rotatable bonds is 8. The second-order valence-corrected chi connectivity index (χ2v) is 8.63. The van der Waals surface area contributed by atoms with Crippen molar-refractivity contribution in [2.24, 2.45) is 0 Å². The van der Waals surface area contributed by atoms with Crippen LogP contribution in [0.2, 0.25) is 5.02 Å². The van der Waals surface area contributed by atoms with E-state index in [1.54, 1.807) is 26.4 Å². The molecule has 1 aliphatic rings. The number of methoxy groups -OCH3 is 2. The van der Waals surface area contributed by atoms with Crippen LogP contribution in [0.15, 0.2) is 66.7 Å². The smallest absolute Gasteiger partial charge is 0.253 e. The molecule has 0 saturated carbocycles. The van der Waals surface area contributed by atoms with Crippen LogP contribution in [0.4, 0.5) is 0 Å². The van der Waals surface area contributed by atoms with Crippen molar-refractivity contribution in [3.05, 3.63) is 88.4 Å². The van der Waals surface area contributed by atoms with Crippen LogP contribution in [-0.2, 0) is 13.2 Å². The van der Waals surface area contributed by atoms with Gasteiger partial charge in [-0.1, -0.05) is 23.7 Å². The largest absolute Gasteiger partial charge is 0.497 e. The molecule has 0 radical (unpaired) electrons. The van der Waals surface area contributed by atoms with Gasteiger partial charge in [-0.15, -0.1) is 0 Å². The molecular weight excluding hydrogens is 452 g/mol. The second-order valence-electron chi connectivity index (χ2n) is 8.19. The molecule has 1 heterocycles. The van der Waals surface area contributed by atoms with Crippen LogP contribution in [-0.4, -0.2) is 56.1 Å². The number of carbonyl (C=O) groups is 1. The zero-order valence-electron chi connectivity index (χ0n) is 19.5. The third-order valence-electron chi connectivity index (χ3n) is 5.94. The van der Waals surface area contributed by atoms with Gasteiger partial charge in [0.2, 0.25) is 0 Å². The summed E-state index contributed by atoms with van der Waals surface area (Å²) in [4.78, 5) is 17.5. The zero-order valence-corrected chi connectivity index (χ0v) is 20.3. The maximum atomic E-state index is 13.2. The SMILES string of the molecule is COc1cccc(CN2CCN(C(=O)c3ccc(OC)c(COc4ccc(Cl)cc4)c3)CC2)c1. The minimum absolute atomic E-state index is 0.0245. The molecular formula is C27H29ClN2O4. The van der Waals surface area contributed by atoms with Crippen molar-refractivity contribution in [1.29, 1.82) is 0 Å². The molecule has 34 heavy (non-hydrogen) atoms. The lowest BCUT2D eigenvalue weighted by Crippen LogP contribution is -2.48. The molecule has 1 aliphatic heterocycles. The van der Waals surface area contributed by atoms with Crippen LogP contribution < -0.4 is 14.2 Å². The third kappa shape index (κ3) is 6.01. The second kappa shape index (κ2) is 11.3. The molecule has 0 aromatic heterocycles. The number of halogens is 1. The van der Waals surface area contributed by atoms with Gasteiger partial charge in [0.15, 0.2) is 0 Å². The Morgan fingerprint density at radius 1 is 0.882 bits per heavy atom. The molecule has 4 rings (SSSR count). The Morgan fingerprint density at radius 2 is 1.65 bits per heavy atom. The van der Waals surface area contributed by atoms with Gasteiger partial charge >= 0.3 is 0 Å². The quantitative estimate of drug-likeness (QED) is 0.459. The summed E-state index contributed by atoms with van der Waals surface area (Å²) in [5.74, 6) is 2.28. The predicted molar refractivity (Wildman–Crippen MR) is 133 cm³/mol. The Balaban J connectivity index is 1.36. The molecule has 3 aromatic carbocycles. The van der Waals surface area contributed by atoms with E-state index in [9.17, 15) is 4.79 Å². The molecule has 3 aromatic rings. The number of ether oxygens (including phenoxy) is 3. The standard InChI is InChI=1S/C27H29ClN2O4/c1-32-25-5-3-4-20(16-25)18-29-12-14-30(15-13-29)27(31)21-6-11-26(33-2)22(17-21)19-34-24-9-7-23(28)8-10-24/h3-11,16-17H,12-15,18-19H2,1-2H3. The Morgan fingerprint density at radius 3 is 2.35 bits per heavy atom. The minimum Gasteiger partial charge on any atom is -0.497 e. The van der Waals surface area contributed by atoms with Gasteiger partial charge in [-0.05, 0) is 60.2 Å². The number of nitrogens with zero attached hydrogens (tertiary/aromatic N) is 2. The van der Waals surface area contributed by atoms with Gasteiger partial charge in [0.1, 0.15) is 23.9 Å². The molecule has 0 aliphatic carbocycles. The molecule has 0 unspecified atom stereocenters. The van der Waals surface area contributed by atoms with Crippen LogP contribution in [0.3, 0.4) is 0 Å². The van der Waals surface area contributed by atoms with E-state index in [0.29, 0.717) is 41.8 Å². The predicted octanol–water partition coefficient (Wildman–Crippen LogP) is 4.89. The zero-order chi connectivity index (χ0) is 23.9. The first-order valence-electron chi connectivity index (χ1n) is 11.3. The molecule has 0 bridgehead atoms. The van der Waals surface area contributed by atoms with E-state index in [1.165, 1.54) is 5.56 Å². The van der Waals surface area contributed by atoms with Gasteiger partial charge in [0, 0.05) is 48.9 Å². The Hall–Kier alpha value is -3.22. The fourth-order valence-electron chi connectivity index (χ4n) is 4.04. The summed E-state index contributed by atoms with van der Waals surface area (Å²) in [5, 5.41) is 0.654. The van der Waals surface area contributed by atoms with Crippen LogP contribution in [0.5, 0.6) is 17.2 Å². The van der Waals surface area contributed by atoms with Crippen molar-refractivity contribution in [3.8, 4) is 17.2 Å². The van der Waals surface area contributed by atoms with Crippen LogP contribution >= 0.6 is 11.6 Å². The van der Waals surface area contributed by atoms with Crippen molar-refractivity contribution in [2.45, 2.75) is 13.2 Å². The maximum Gasteiger partial charge on any atom is 0.253 e. The lowest BCUT2D eigenvalue weighted by atomic mass is 10.1. The summed E-state index contributed by atoms with van der Waals surface area (Å²) in [5.41, 5.74) is 2.66. The van der Waals surface area contributed by atoms with Gasteiger partial charge in [-0.25, -0.2) is 0 Å². The highest BCUT2D eigenvalue weighted by atomic mass is 35.5. The van der Waals surface area contributed by atoms with E-state index in [0.717, 1.165) is 30.9 Å². The number of piperazine rings is 1. The first-order chi connectivity index (χ1) is 16.6. The fourth-order valence-corrected chi connectivity index (χ4v) is 4.16. The van der Waals surface area contributed by atoms with Gasteiger partial charge in [-0.2, -0.15) is 0 Å². The van der Waals surface area contributed by atoms with E-state index in [4.69, 9.17) is 25.8 Å². The summed E-state index contributed by atoms with van der Waals surface area (Å²) >= 11 is 5.94. The van der Waals surface area contributed by atoms with Gasteiger partial charge in [0.25, 0.3) is 5.91 Å². The minimum atomic E-state index is 0.0245. The van der Waals surface area contributed by atoms with Gasteiger partial charge in [0.05, 0.1) is 14.2 Å². The number of hydrogen-bond acceptors (Lipinski definition) is 5. The Labute approximate surface area is 205 Å².